The minimum Gasteiger partial charge on any atom is -0.485 e. The van der Waals surface area contributed by atoms with Crippen LogP contribution in [0.4, 0.5) is 0 Å². The van der Waals surface area contributed by atoms with Crippen LogP contribution < -0.4 is 9.47 Å². The lowest BCUT2D eigenvalue weighted by molar-refractivity contribution is 0.256. The summed E-state index contributed by atoms with van der Waals surface area (Å²) in [4.78, 5) is 7.68. The van der Waals surface area contributed by atoms with Gasteiger partial charge in [-0.15, -0.1) is 0 Å². The smallest absolute Gasteiger partial charge is 0.162 e. The third-order valence-corrected chi connectivity index (χ3v) is 4.39. The maximum absolute atomic E-state index is 6.11. The van der Waals surface area contributed by atoms with Gasteiger partial charge in [0.2, 0.25) is 0 Å². The van der Waals surface area contributed by atoms with Gasteiger partial charge < -0.3 is 14.5 Å². The summed E-state index contributed by atoms with van der Waals surface area (Å²) in [6.45, 7) is 2.95. The summed E-state index contributed by atoms with van der Waals surface area (Å²) in [6.07, 6.45) is 1.82. The van der Waals surface area contributed by atoms with Crippen molar-refractivity contribution in [1.82, 2.24) is 9.97 Å². The largest absolute Gasteiger partial charge is 0.485 e. The SMILES string of the molecule is Cc1cnc(-c2ccc(OCc3ccccc3)c(OCc3ccccc3)c2)[nH]1. The van der Waals surface area contributed by atoms with Gasteiger partial charge in [0.05, 0.1) is 0 Å². The summed E-state index contributed by atoms with van der Waals surface area (Å²) in [5, 5.41) is 0. The third-order valence-electron chi connectivity index (χ3n) is 4.39. The number of nitrogens with one attached hydrogen (secondary N) is 1. The van der Waals surface area contributed by atoms with Crippen molar-refractivity contribution in [1.29, 1.82) is 0 Å². The Kier molecular flexibility index (Phi) is 5.38. The highest BCUT2D eigenvalue weighted by atomic mass is 16.5. The Labute approximate surface area is 164 Å². The number of imidazole rings is 1. The summed E-state index contributed by atoms with van der Waals surface area (Å²) in [7, 11) is 0. The number of nitrogens with zero attached hydrogens (tertiary/aromatic N) is 1. The van der Waals surface area contributed by atoms with E-state index in [2.05, 4.69) is 9.97 Å². The second-order valence-electron chi connectivity index (χ2n) is 6.62. The highest BCUT2D eigenvalue weighted by Gasteiger charge is 2.11. The zero-order valence-corrected chi connectivity index (χ0v) is 15.8. The molecule has 0 radical (unpaired) electrons. The number of aromatic nitrogens is 2. The van der Waals surface area contributed by atoms with Gasteiger partial charge in [-0.3, -0.25) is 0 Å². The molecule has 0 spiro atoms. The number of benzene rings is 3. The normalized spacial score (nSPS) is 10.6. The van der Waals surface area contributed by atoms with Crippen molar-refractivity contribution >= 4 is 0 Å². The van der Waals surface area contributed by atoms with Gasteiger partial charge in [-0.1, -0.05) is 60.7 Å². The van der Waals surface area contributed by atoms with Crippen molar-refractivity contribution in [3.8, 4) is 22.9 Å². The summed E-state index contributed by atoms with van der Waals surface area (Å²) in [5.41, 5.74) is 4.20. The van der Waals surface area contributed by atoms with Crippen LogP contribution in [-0.2, 0) is 13.2 Å². The van der Waals surface area contributed by atoms with Crippen LogP contribution in [0.2, 0.25) is 0 Å². The number of aryl methyl sites for hydroxylation is 1. The molecule has 0 aliphatic rings. The highest BCUT2D eigenvalue weighted by molar-refractivity contribution is 5.61. The molecule has 0 aliphatic carbocycles. The minimum atomic E-state index is 0.475. The van der Waals surface area contributed by atoms with Gasteiger partial charge >= 0.3 is 0 Å². The molecule has 4 aromatic rings. The van der Waals surface area contributed by atoms with E-state index >= 15 is 0 Å². The van der Waals surface area contributed by atoms with Crippen LogP contribution in [0.1, 0.15) is 16.8 Å². The number of ether oxygens (including phenoxy) is 2. The standard InChI is InChI=1S/C24H22N2O2/c1-18-15-25-24(26-18)21-12-13-22(27-16-19-8-4-2-5-9-19)23(14-21)28-17-20-10-6-3-7-11-20/h2-15H,16-17H2,1H3,(H,25,26). The fraction of sp³-hybridized carbons (Fsp3) is 0.125. The van der Waals surface area contributed by atoms with Crippen molar-refractivity contribution in [2.24, 2.45) is 0 Å². The predicted molar refractivity (Wildman–Crippen MR) is 110 cm³/mol. The monoisotopic (exact) mass is 370 g/mol. The van der Waals surface area contributed by atoms with E-state index in [1.54, 1.807) is 0 Å². The molecule has 4 nitrogen and oxygen atoms in total. The van der Waals surface area contributed by atoms with E-state index in [0.29, 0.717) is 24.7 Å². The van der Waals surface area contributed by atoms with E-state index in [1.165, 1.54) is 0 Å². The number of hydrogen-bond donors (Lipinski definition) is 1. The number of rotatable bonds is 7. The molecule has 0 saturated carbocycles. The molecule has 0 unspecified atom stereocenters. The van der Waals surface area contributed by atoms with E-state index in [-0.39, 0.29) is 0 Å². The first-order valence-electron chi connectivity index (χ1n) is 9.27. The summed E-state index contributed by atoms with van der Waals surface area (Å²) in [5.74, 6) is 2.23. The molecule has 1 aromatic heterocycles. The molecular weight excluding hydrogens is 348 g/mol. The van der Waals surface area contributed by atoms with Crippen molar-refractivity contribution in [3.05, 3.63) is 102 Å². The van der Waals surface area contributed by atoms with Gasteiger partial charge in [0, 0.05) is 17.5 Å². The lowest BCUT2D eigenvalue weighted by atomic mass is 10.2. The quantitative estimate of drug-likeness (QED) is 0.464. The number of H-pyrrole nitrogens is 1. The van der Waals surface area contributed by atoms with Crippen LogP contribution in [-0.4, -0.2) is 9.97 Å². The lowest BCUT2D eigenvalue weighted by Gasteiger charge is -2.14. The van der Waals surface area contributed by atoms with E-state index in [4.69, 9.17) is 9.47 Å². The molecule has 0 atom stereocenters. The molecule has 0 fully saturated rings. The predicted octanol–water partition coefficient (Wildman–Crippen LogP) is 5.54. The van der Waals surface area contributed by atoms with Gasteiger partial charge in [-0.25, -0.2) is 4.98 Å². The third kappa shape index (κ3) is 4.41. The Balaban J connectivity index is 1.58. The Bertz CT molecular complexity index is 1030. The molecule has 0 amide bonds. The Morgan fingerprint density at radius 3 is 1.93 bits per heavy atom. The fourth-order valence-corrected chi connectivity index (χ4v) is 2.92. The van der Waals surface area contributed by atoms with Gasteiger partial charge in [-0.05, 0) is 36.2 Å². The molecular formula is C24H22N2O2. The molecule has 4 heteroatoms. The van der Waals surface area contributed by atoms with Crippen LogP contribution in [0.25, 0.3) is 11.4 Å². The first-order valence-corrected chi connectivity index (χ1v) is 9.27. The van der Waals surface area contributed by atoms with Crippen molar-refractivity contribution in [2.45, 2.75) is 20.1 Å². The topological polar surface area (TPSA) is 47.1 Å². The molecule has 1 heterocycles. The first-order chi connectivity index (χ1) is 13.8. The maximum atomic E-state index is 6.11. The zero-order valence-electron chi connectivity index (χ0n) is 15.8. The van der Waals surface area contributed by atoms with E-state index in [1.807, 2.05) is 92.0 Å². The number of hydrogen-bond acceptors (Lipinski definition) is 3. The van der Waals surface area contributed by atoms with Crippen molar-refractivity contribution in [3.63, 3.8) is 0 Å². The second-order valence-corrected chi connectivity index (χ2v) is 6.62. The van der Waals surface area contributed by atoms with Crippen molar-refractivity contribution in [2.75, 3.05) is 0 Å². The highest BCUT2D eigenvalue weighted by Crippen LogP contribution is 2.33. The minimum absolute atomic E-state index is 0.475. The van der Waals surface area contributed by atoms with E-state index < -0.39 is 0 Å². The Morgan fingerprint density at radius 2 is 1.36 bits per heavy atom. The Morgan fingerprint density at radius 1 is 0.750 bits per heavy atom. The summed E-state index contributed by atoms with van der Waals surface area (Å²) >= 11 is 0. The molecule has 0 aliphatic heterocycles. The molecule has 0 bridgehead atoms. The van der Waals surface area contributed by atoms with E-state index in [0.717, 1.165) is 28.2 Å². The molecule has 4 rings (SSSR count). The zero-order chi connectivity index (χ0) is 19.2. The van der Waals surface area contributed by atoms with Crippen molar-refractivity contribution < 1.29 is 9.47 Å². The second kappa shape index (κ2) is 8.44. The number of aromatic amines is 1. The maximum Gasteiger partial charge on any atom is 0.162 e. The van der Waals surface area contributed by atoms with Gasteiger partial charge in [0.15, 0.2) is 11.5 Å². The average molecular weight is 370 g/mol. The van der Waals surface area contributed by atoms with Gasteiger partial charge in [0.25, 0.3) is 0 Å². The van der Waals surface area contributed by atoms with Gasteiger partial charge in [0.1, 0.15) is 19.0 Å². The van der Waals surface area contributed by atoms with E-state index in [9.17, 15) is 0 Å². The van der Waals surface area contributed by atoms with Crippen LogP contribution in [0, 0.1) is 6.92 Å². The summed E-state index contributed by atoms with van der Waals surface area (Å²) < 4.78 is 12.2. The average Bonchev–Trinajstić information content (AvgIpc) is 3.19. The molecule has 0 saturated heterocycles. The lowest BCUT2D eigenvalue weighted by Crippen LogP contribution is -2.01. The van der Waals surface area contributed by atoms with Gasteiger partial charge in [-0.2, -0.15) is 0 Å². The molecule has 1 N–H and O–H groups in total. The molecule has 3 aromatic carbocycles. The summed E-state index contributed by atoms with van der Waals surface area (Å²) in [6, 6.07) is 26.1. The van der Waals surface area contributed by atoms with Crippen LogP contribution in [0.5, 0.6) is 11.5 Å². The van der Waals surface area contributed by atoms with Crippen LogP contribution >= 0.6 is 0 Å². The first kappa shape index (κ1) is 17.9. The molecule has 28 heavy (non-hydrogen) atoms. The van der Waals surface area contributed by atoms with Crippen LogP contribution in [0.15, 0.2) is 85.1 Å². The Hall–Kier alpha value is -3.53. The fourth-order valence-electron chi connectivity index (χ4n) is 2.92. The van der Waals surface area contributed by atoms with Crippen LogP contribution in [0.3, 0.4) is 0 Å². The molecule has 140 valence electrons.